The average molecular weight is 296 g/mol. The van der Waals surface area contributed by atoms with E-state index in [1.807, 2.05) is 68.4 Å². The van der Waals surface area contributed by atoms with Gasteiger partial charge >= 0.3 is 0 Å². The molecule has 2 aromatic rings. The van der Waals surface area contributed by atoms with Crippen LogP contribution in [0.3, 0.4) is 0 Å². The van der Waals surface area contributed by atoms with E-state index >= 15 is 0 Å². The van der Waals surface area contributed by atoms with E-state index in [1.165, 1.54) is 0 Å². The number of amides is 1. The molecule has 0 fully saturated rings. The summed E-state index contributed by atoms with van der Waals surface area (Å²) in [4.78, 5) is 16.7. The van der Waals surface area contributed by atoms with E-state index in [0.29, 0.717) is 18.7 Å². The molecule has 0 aromatic heterocycles. The van der Waals surface area contributed by atoms with Crippen LogP contribution in [0.15, 0.2) is 42.5 Å². The fourth-order valence-corrected chi connectivity index (χ4v) is 2.61. The first kappa shape index (κ1) is 14.4. The molecule has 1 heterocycles. The van der Waals surface area contributed by atoms with Gasteiger partial charge in [-0.2, -0.15) is 0 Å². The first-order valence-electron chi connectivity index (χ1n) is 7.39. The number of carbonyl (C=O) groups excluding carboxylic acids is 1. The first-order chi connectivity index (χ1) is 10.6. The Labute approximate surface area is 130 Å². The molecular weight excluding hydrogens is 276 g/mol. The number of nitrogens with zero attached hydrogens (tertiary/aromatic N) is 2. The lowest BCUT2D eigenvalue weighted by atomic mass is 10.1. The summed E-state index contributed by atoms with van der Waals surface area (Å²) in [5.74, 6) is 0.785. The van der Waals surface area contributed by atoms with Crippen molar-refractivity contribution in [3.8, 4) is 5.75 Å². The second-order valence-electron chi connectivity index (χ2n) is 5.72. The summed E-state index contributed by atoms with van der Waals surface area (Å²) in [7, 11) is 3.94. The minimum Gasteiger partial charge on any atom is -0.490 e. The fourth-order valence-electron chi connectivity index (χ4n) is 2.61. The molecule has 0 saturated heterocycles. The molecule has 0 radical (unpaired) electrons. The summed E-state index contributed by atoms with van der Waals surface area (Å²) in [5, 5.41) is 0. The Balaban J connectivity index is 1.97. The van der Waals surface area contributed by atoms with Crippen molar-refractivity contribution in [2.75, 3.05) is 37.0 Å². The lowest BCUT2D eigenvalue weighted by molar-refractivity contribution is 0.0976. The lowest BCUT2D eigenvalue weighted by Crippen LogP contribution is -2.38. The quantitative estimate of drug-likeness (QED) is 0.853. The Kier molecular flexibility index (Phi) is 3.75. The average Bonchev–Trinajstić information content (AvgIpc) is 2.53. The molecule has 114 valence electrons. The van der Waals surface area contributed by atoms with Gasteiger partial charge in [0.15, 0.2) is 0 Å². The minimum atomic E-state index is 0.0128. The predicted molar refractivity (Wildman–Crippen MR) is 89.1 cm³/mol. The largest absolute Gasteiger partial charge is 0.490 e. The van der Waals surface area contributed by atoms with Gasteiger partial charge in [0.1, 0.15) is 12.4 Å². The van der Waals surface area contributed by atoms with Crippen molar-refractivity contribution in [2.24, 2.45) is 0 Å². The molecule has 1 aliphatic heterocycles. The number of anilines is 2. The van der Waals surface area contributed by atoms with Gasteiger partial charge in [0, 0.05) is 25.3 Å². The molecule has 0 N–H and O–H groups in total. The zero-order valence-corrected chi connectivity index (χ0v) is 13.2. The SMILES string of the molecule is Cc1ccc2c(c1)N(C(=O)c1cccc(N(C)C)c1)CCO2. The molecule has 4 heteroatoms. The molecule has 2 aromatic carbocycles. The summed E-state index contributed by atoms with van der Waals surface area (Å²) in [6.07, 6.45) is 0. The molecule has 0 saturated carbocycles. The van der Waals surface area contributed by atoms with Crippen LogP contribution >= 0.6 is 0 Å². The summed E-state index contributed by atoms with van der Waals surface area (Å²) in [6.45, 7) is 3.11. The smallest absolute Gasteiger partial charge is 0.258 e. The number of benzene rings is 2. The van der Waals surface area contributed by atoms with Gasteiger partial charge in [-0.3, -0.25) is 4.79 Å². The third-order valence-electron chi connectivity index (χ3n) is 3.83. The van der Waals surface area contributed by atoms with Gasteiger partial charge in [0.05, 0.1) is 12.2 Å². The van der Waals surface area contributed by atoms with E-state index in [-0.39, 0.29) is 5.91 Å². The van der Waals surface area contributed by atoms with Gasteiger partial charge in [-0.15, -0.1) is 0 Å². The van der Waals surface area contributed by atoms with Crippen molar-refractivity contribution >= 4 is 17.3 Å². The molecule has 0 atom stereocenters. The van der Waals surface area contributed by atoms with Gasteiger partial charge in [-0.25, -0.2) is 0 Å². The summed E-state index contributed by atoms with van der Waals surface area (Å²) in [6, 6.07) is 13.6. The second kappa shape index (κ2) is 5.72. The topological polar surface area (TPSA) is 32.8 Å². The van der Waals surface area contributed by atoms with Crippen molar-refractivity contribution in [1.82, 2.24) is 0 Å². The van der Waals surface area contributed by atoms with E-state index in [4.69, 9.17) is 4.74 Å². The van der Waals surface area contributed by atoms with E-state index < -0.39 is 0 Å². The van der Waals surface area contributed by atoms with E-state index in [1.54, 1.807) is 4.90 Å². The Morgan fingerprint density at radius 1 is 1.18 bits per heavy atom. The number of aryl methyl sites for hydroxylation is 1. The summed E-state index contributed by atoms with van der Waals surface area (Å²) in [5.41, 5.74) is 3.68. The van der Waals surface area contributed by atoms with Crippen LogP contribution < -0.4 is 14.5 Å². The molecule has 0 bridgehead atoms. The number of rotatable bonds is 2. The number of fused-ring (bicyclic) bond motifs is 1. The minimum absolute atomic E-state index is 0.0128. The maximum atomic E-state index is 12.9. The Hall–Kier alpha value is -2.49. The molecular formula is C18H20N2O2. The van der Waals surface area contributed by atoms with Crippen LogP contribution in [0.4, 0.5) is 11.4 Å². The van der Waals surface area contributed by atoms with E-state index in [0.717, 1.165) is 22.7 Å². The zero-order valence-electron chi connectivity index (χ0n) is 13.2. The first-order valence-corrected chi connectivity index (χ1v) is 7.39. The number of hydrogen-bond donors (Lipinski definition) is 0. The van der Waals surface area contributed by atoms with Crippen molar-refractivity contribution in [2.45, 2.75) is 6.92 Å². The molecule has 3 rings (SSSR count). The number of ether oxygens (including phenoxy) is 1. The standard InChI is InChI=1S/C18H20N2O2/c1-13-7-8-17-16(11-13)20(9-10-22-17)18(21)14-5-4-6-15(12-14)19(2)3/h4-8,11-12H,9-10H2,1-3H3. The van der Waals surface area contributed by atoms with Crippen molar-refractivity contribution < 1.29 is 9.53 Å². The summed E-state index contributed by atoms with van der Waals surface area (Å²) < 4.78 is 5.65. The Bertz CT molecular complexity index is 710. The lowest BCUT2D eigenvalue weighted by Gasteiger charge is -2.30. The van der Waals surface area contributed by atoms with E-state index in [2.05, 4.69) is 0 Å². The monoisotopic (exact) mass is 296 g/mol. The number of hydrogen-bond acceptors (Lipinski definition) is 3. The molecule has 22 heavy (non-hydrogen) atoms. The molecule has 0 unspecified atom stereocenters. The highest BCUT2D eigenvalue weighted by Gasteiger charge is 2.25. The Morgan fingerprint density at radius 3 is 2.77 bits per heavy atom. The predicted octanol–water partition coefficient (Wildman–Crippen LogP) is 3.10. The van der Waals surface area contributed by atoms with Crippen LogP contribution in [-0.4, -0.2) is 33.2 Å². The maximum absolute atomic E-state index is 12.9. The van der Waals surface area contributed by atoms with Crippen molar-refractivity contribution in [3.63, 3.8) is 0 Å². The molecule has 1 aliphatic rings. The maximum Gasteiger partial charge on any atom is 0.258 e. The van der Waals surface area contributed by atoms with Gasteiger partial charge < -0.3 is 14.5 Å². The molecule has 0 aliphatic carbocycles. The Morgan fingerprint density at radius 2 is 2.00 bits per heavy atom. The van der Waals surface area contributed by atoms with Gasteiger partial charge in [-0.1, -0.05) is 12.1 Å². The van der Waals surface area contributed by atoms with Gasteiger partial charge in [0.25, 0.3) is 5.91 Å². The van der Waals surface area contributed by atoms with Crippen molar-refractivity contribution in [3.05, 3.63) is 53.6 Å². The molecule has 1 amide bonds. The molecule has 0 spiro atoms. The summed E-state index contributed by atoms with van der Waals surface area (Å²) >= 11 is 0. The second-order valence-corrected chi connectivity index (χ2v) is 5.72. The molecule has 4 nitrogen and oxygen atoms in total. The van der Waals surface area contributed by atoms with Gasteiger partial charge in [-0.05, 0) is 42.8 Å². The van der Waals surface area contributed by atoms with Gasteiger partial charge in [0.2, 0.25) is 0 Å². The van der Waals surface area contributed by atoms with Crippen LogP contribution in [0.2, 0.25) is 0 Å². The van der Waals surface area contributed by atoms with Crippen LogP contribution in [0.5, 0.6) is 5.75 Å². The highest BCUT2D eigenvalue weighted by molar-refractivity contribution is 6.07. The van der Waals surface area contributed by atoms with Crippen LogP contribution in [0, 0.1) is 6.92 Å². The van der Waals surface area contributed by atoms with Crippen LogP contribution in [0.1, 0.15) is 15.9 Å². The van der Waals surface area contributed by atoms with E-state index in [9.17, 15) is 4.79 Å². The highest BCUT2D eigenvalue weighted by atomic mass is 16.5. The zero-order chi connectivity index (χ0) is 15.7. The van der Waals surface area contributed by atoms with Crippen molar-refractivity contribution in [1.29, 1.82) is 0 Å². The van der Waals surface area contributed by atoms with Crippen LogP contribution in [0.25, 0.3) is 0 Å². The third-order valence-corrected chi connectivity index (χ3v) is 3.83. The highest BCUT2D eigenvalue weighted by Crippen LogP contribution is 2.33. The van der Waals surface area contributed by atoms with Crippen LogP contribution in [-0.2, 0) is 0 Å². The normalized spacial score (nSPS) is 13.3. The number of carbonyl (C=O) groups is 1. The third kappa shape index (κ3) is 2.64. The fraction of sp³-hybridized carbons (Fsp3) is 0.278.